The average Bonchev–Trinajstić information content (AvgIpc) is 2.87. The molecule has 0 saturated heterocycles. The van der Waals surface area contributed by atoms with Crippen LogP contribution in [0, 0.1) is 15.9 Å². The van der Waals surface area contributed by atoms with Crippen LogP contribution in [-0.4, -0.2) is 33.6 Å². The van der Waals surface area contributed by atoms with Crippen LogP contribution < -0.4 is 5.32 Å². The van der Waals surface area contributed by atoms with Crippen molar-refractivity contribution in [3.63, 3.8) is 0 Å². The molecule has 1 aliphatic heterocycles. The number of fused-ring (bicyclic) bond motifs is 1. The van der Waals surface area contributed by atoms with Gasteiger partial charge in [0.1, 0.15) is 11.9 Å². The maximum Gasteiger partial charge on any atom is 0.271 e. The van der Waals surface area contributed by atoms with Crippen molar-refractivity contribution in [1.82, 2.24) is 4.90 Å². The quantitative estimate of drug-likeness (QED) is 0.456. The summed E-state index contributed by atoms with van der Waals surface area (Å²) in [6, 6.07) is 3.72. The van der Waals surface area contributed by atoms with E-state index in [1.54, 1.807) is 0 Å². The minimum Gasteiger partial charge on any atom is -0.322 e. The fourth-order valence-corrected chi connectivity index (χ4v) is 3.01. The van der Waals surface area contributed by atoms with Crippen molar-refractivity contribution >= 4 is 52.3 Å². The number of carbonyl (C=O) groups excluding carboxylic acids is 3. The predicted octanol–water partition coefficient (Wildman–Crippen LogP) is 3.66. The molecule has 1 heterocycles. The summed E-state index contributed by atoms with van der Waals surface area (Å²) in [5.74, 6) is -3.35. The number of nitro benzene ring substituents is 1. The first-order valence-electron chi connectivity index (χ1n) is 7.73. The topological polar surface area (TPSA) is 110 Å². The van der Waals surface area contributed by atoms with Gasteiger partial charge < -0.3 is 5.32 Å². The van der Waals surface area contributed by atoms with Crippen molar-refractivity contribution in [2.24, 2.45) is 0 Å². The van der Waals surface area contributed by atoms with Crippen molar-refractivity contribution in [3.8, 4) is 0 Å². The molecule has 11 heteroatoms. The zero-order valence-electron chi connectivity index (χ0n) is 14.0. The van der Waals surface area contributed by atoms with Crippen LogP contribution in [0.5, 0.6) is 0 Å². The van der Waals surface area contributed by atoms with E-state index in [-0.39, 0.29) is 21.2 Å². The lowest BCUT2D eigenvalue weighted by molar-refractivity contribution is -0.384. The van der Waals surface area contributed by atoms with E-state index in [0.717, 1.165) is 18.2 Å². The molecule has 0 aromatic heterocycles. The number of anilines is 1. The lowest BCUT2D eigenvalue weighted by Crippen LogP contribution is -2.45. The van der Waals surface area contributed by atoms with Gasteiger partial charge in [0.05, 0.1) is 31.8 Å². The van der Waals surface area contributed by atoms with Crippen LogP contribution in [0.2, 0.25) is 10.0 Å². The molecule has 3 amide bonds. The molecule has 0 saturated carbocycles. The van der Waals surface area contributed by atoms with Crippen LogP contribution in [0.3, 0.4) is 0 Å². The molecule has 1 aliphatic rings. The molecule has 8 nitrogen and oxygen atoms in total. The molecule has 2 aromatic rings. The minimum atomic E-state index is -1.33. The van der Waals surface area contributed by atoms with Crippen LogP contribution in [-0.2, 0) is 4.79 Å². The fraction of sp³-hybridized carbons (Fsp3) is 0.118. The van der Waals surface area contributed by atoms with Crippen molar-refractivity contribution in [1.29, 1.82) is 0 Å². The van der Waals surface area contributed by atoms with Crippen molar-refractivity contribution < 1.29 is 23.7 Å². The first-order chi connectivity index (χ1) is 13.1. The van der Waals surface area contributed by atoms with Crippen molar-refractivity contribution in [2.45, 2.75) is 13.0 Å². The largest absolute Gasteiger partial charge is 0.322 e. The Morgan fingerprint density at radius 2 is 1.68 bits per heavy atom. The summed E-state index contributed by atoms with van der Waals surface area (Å²) in [7, 11) is 0. The Balaban J connectivity index is 1.87. The highest BCUT2D eigenvalue weighted by molar-refractivity contribution is 6.43. The summed E-state index contributed by atoms with van der Waals surface area (Å²) in [6.07, 6.45) is 0. The van der Waals surface area contributed by atoms with E-state index in [1.165, 1.54) is 19.1 Å². The van der Waals surface area contributed by atoms with E-state index >= 15 is 0 Å². The first-order valence-corrected chi connectivity index (χ1v) is 8.49. The molecule has 0 aliphatic carbocycles. The van der Waals surface area contributed by atoms with Crippen LogP contribution in [0.25, 0.3) is 0 Å². The molecule has 28 heavy (non-hydrogen) atoms. The SMILES string of the molecule is CC(C(=O)Nc1cc([N+](=O)[O-])ccc1F)N1C(=O)c2cc(Cl)c(Cl)cc2C1=O. The van der Waals surface area contributed by atoms with Crippen LogP contribution >= 0.6 is 23.2 Å². The molecule has 0 spiro atoms. The molecular weight excluding hydrogens is 416 g/mol. The molecule has 0 radical (unpaired) electrons. The molecule has 1 N–H and O–H groups in total. The molecule has 144 valence electrons. The second-order valence-electron chi connectivity index (χ2n) is 5.88. The Bertz CT molecular complexity index is 1020. The molecule has 2 aromatic carbocycles. The minimum absolute atomic E-state index is 0.0134. The summed E-state index contributed by atoms with van der Waals surface area (Å²) in [6.45, 7) is 1.26. The van der Waals surface area contributed by atoms with Crippen LogP contribution in [0.1, 0.15) is 27.6 Å². The molecule has 1 unspecified atom stereocenters. The summed E-state index contributed by atoms with van der Waals surface area (Å²) in [4.78, 5) is 48.3. The Hall–Kier alpha value is -3.04. The number of non-ortho nitro benzene ring substituents is 1. The van der Waals surface area contributed by atoms with Gasteiger partial charge in [-0.05, 0) is 25.1 Å². The number of benzene rings is 2. The van der Waals surface area contributed by atoms with E-state index in [2.05, 4.69) is 5.32 Å². The third-order valence-corrected chi connectivity index (χ3v) is 4.87. The Kier molecular flexibility index (Phi) is 5.05. The van der Waals surface area contributed by atoms with Gasteiger partial charge in [0.25, 0.3) is 17.5 Å². The lowest BCUT2D eigenvalue weighted by Gasteiger charge is -2.21. The lowest BCUT2D eigenvalue weighted by atomic mass is 10.1. The van der Waals surface area contributed by atoms with E-state index < -0.39 is 45.9 Å². The van der Waals surface area contributed by atoms with Gasteiger partial charge >= 0.3 is 0 Å². The summed E-state index contributed by atoms with van der Waals surface area (Å²) >= 11 is 11.7. The Morgan fingerprint density at radius 3 is 2.18 bits per heavy atom. The smallest absolute Gasteiger partial charge is 0.271 e. The van der Waals surface area contributed by atoms with Crippen LogP contribution in [0.4, 0.5) is 15.8 Å². The zero-order chi connectivity index (χ0) is 20.7. The van der Waals surface area contributed by atoms with Crippen molar-refractivity contribution in [3.05, 3.63) is 67.4 Å². The van der Waals surface area contributed by atoms with E-state index in [4.69, 9.17) is 23.2 Å². The van der Waals surface area contributed by atoms with E-state index in [9.17, 15) is 28.9 Å². The third kappa shape index (κ3) is 3.30. The number of nitro groups is 1. The highest BCUT2D eigenvalue weighted by Gasteiger charge is 2.41. The van der Waals surface area contributed by atoms with Gasteiger partial charge in [-0.2, -0.15) is 0 Å². The number of imide groups is 1. The van der Waals surface area contributed by atoms with Crippen molar-refractivity contribution in [2.75, 3.05) is 5.32 Å². The number of hydrogen-bond donors (Lipinski definition) is 1. The maximum absolute atomic E-state index is 13.9. The number of halogens is 3. The highest BCUT2D eigenvalue weighted by atomic mass is 35.5. The summed E-state index contributed by atoms with van der Waals surface area (Å²) in [5.41, 5.74) is -0.913. The van der Waals surface area contributed by atoms with E-state index in [1.807, 2.05) is 0 Å². The summed E-state index contributed by atoms with van der Waals surface area (Å²) in [5, 5.41) is 13.1. The number of hydrogen-bond acceptors (Lipinski definition) is 5. The highest BCUT2D eigenvalue weighted by Crippen LogP contribution is 2.32. The maximum atomic E-state index is 13.9. The number of nitrogens with one attached hydrogen (secondary N) is 1. The van der Waals surface area contributed by atoms with Gasteiger partial charge in [0, 0.05) is 12.1 Å². The van der Waals surface area contributed by atoms with Gasteiger partial charge in [0.15, 0.2) is 0 Å². The molecule has 0 bridgehead atoms. The standard InChI is InChI=1S/C17H10Cl2FN3O5/c1-7(15(24)21-14-4-8(23(27)28)2-3-13(14)20)22-16(25)9-5-11(18)12(19)6-10(9)17(22)26/h2-7H,1H3,(H,21,24). The first kappa shape index (κ1) is 19.7. The average molecular weight is 426 g/mol. The number of nitrogens with zero attached hydrogens (tertiary/aromatic N) is 2. The van der Waals surface area contributed by atoms with Gasteiger partial charge in [-0.25, -0.2) is 4.39 Å². The van der Waals surface area contributed by atoms with Gasteiger partial charge in [-0.1, -0.05) is 23.2 Å². The van der Waals surface area contributed by atoms with Gasteiger partial charge in [0.2, 0.25) is 5.91 Å². The third-order valence-electron chi connectivity index (χ3n) is 4.14. The molecule has 1 atom stereocenters. The monoisotopic (exact) mass is 425 g/mol. The fourth-order valence-electron chi connectivity index (χ4n) is 2.68. The van der Waals surface area contributed by atoms with Crippen LogP contribution in [0.15, 0.2) is 30.3 Å². The second kappa shape index (κ2) is 7.17. The number of amides is 3. The number of rotatable bonds is 4. The second-order valence-corrected chi connectivity index (χ2v) is 6.69. The van der Waals surface area contributed by atoms with Gasteiger partial charge in [-0.3, -0.25) is 29.4 Å². The molecule has 3 rings (SSSR count). The Morgan fingerprint density at radius 1 is 1.14 bits per heavy atom. The Labute approximate surface area is 167 Å². The normalized spacial score (nSPS) is 14.1. The molecule has 0 fully saturated rings. The predicted molar refractivity (Wildman–Crippen MR) is 98.1 cm³/mol. The molecular formula is C17H10Cl2FN3O5. The summed E-state index contributed by atoms with van der Waals surface area (Å²) < 4.78 is 13.9. The van der Waals surface area contributed by atoms with E-state index in [0.29, 0.717) is 4.90 Å². The zero-order valence-corrected chi connectivity index (χ0v) is 15.5. The number of carbonyl (C=O) groups is 3. The van der Waals surface area contributed by atoms with Gasteiger partial charge in [-0.15, -0.1) is 0 Å².